The van der Waals surface area contributed by atoms with Crippen LogP contribution in [0.1, 0.15) is 30.0 Å². The molecule has 5 heteroatoms. The van der Waals surface area contributed by atoms with Crippen LogP contribution in [-0.4, -0.2) is 50.3 Å². The third-order valence-electron chi connectivity index (χ3n) is 7.39. The van der Waals surface area contributed by atoms with Gasteiger partial charge >= 0.3 is 0 Å². The lowest BCUT2D eigenvalue weighted by atomic mass is 9.90. The van der Waals surface area contributed by atoms with Crippen molar-refractivity contribution in [3.05, 3.63) is 65.4 Å². The van der Waals surface area contributed by atoms with Gasteiger partial charge in [0.15, 0.2) is 5.75 Å². The van der Waals surface area contributed by atoms with Crippen LogP contribution >= 0.6 is 0 Å². The molecule has 3 aliphatic heterocycles. The second-order valence-electron chi connectivity index (χ2n) is 9.50. The summed E-state index contributed by atoms with van der Waals surface area (Å²) in [6.07, 6.45) is 10.1. The number of hydrogen-bond donors (Lipinski definition) is 1. The number of piperazine rings is 1. The Morgan fingerprint density at radius 1 is 1.06 bits per heavy atom. The minimum absolute atomic E-state index is 0.345. The van der Waals surface area contributed by atoms with Crippen LogP contribution in [0.5, 0.6) is 5.75 Å². The summed E-state index contributed by atoms with van der Waals surface area (Å²) < 4.78 is 6.32. The van der Waals surface area contributed by atoms with Crippen LogP contribution in [0.4, 0.5) is 17.1 Å². The summed E-state index contributed by atoms with van der Waals surface area (Å²) in [5.41, 5.74) is 15.5. The van der Waals surface area contributed by atoms with Crippen molar-refractivity contribution in [2.24, 2.45) is 0 Å². The Labute approximate surface area is 190 Å². The van der Waals surface area contributed by atoms with Crippen molar-refractivity contribution in [3.63, 3.8) is 0 Å². The monoisotopic (exact) mass is 428 g/mol. The standard InChI is InChI=1S/C27H32N4O/c1-19-18-32-27-25-21(9-5-11-31(19)25)16-24(28)26(27)30-14-12-29(13-15-30)17-22-8-4-7-20-6-2-3-10-23(20)22/h2-3,5-6,8,10-11,16,19H,4,7,9,12-15,17-18,28H2,1H3/t19-/m0/s1. The first kappa shape index (κ1) is 19.7. The van der Waals surface area contributed by atoms with Gasteiger partial charge in [0.05, 0.1) is 17.4 Å². The zero-order chi connectivity index (χ0) is 21.7. The van der Waals surface area contributed by atoms with Crippen LogP contribution in [0.3, 0.4) is 0 Å². The second-order valence-corrected chi connectivity index (χ2v) is 9.50. The number of anilines is 3. The van der Waals surface area contributed by atoms with Crippen molar-refractivity contribution in [1.29, 1.82) is 0 Å². The molecule has 0 radical (unpaired) electrons. The van der Waals surface area contributed by atoms with E-state index >= 15 is 0 Å². The van der Waals surface area contributed by atoms with Crippen LogP contribution in [0.15, 0.2) is 48.7 Å². The van der Waals surface area contributed by atoms with Crippen LogP contribution in [0, 0.1) is 0 Å². The molecule has 0 aromatic heterocycles. The van der Waals surface area contributed by atoms with E-state index in [1.807, 2.05) is 0 Å². The minimum atomic E-state index is 0.345. The fourth-order valence-electron chi connectivity index (χ4n) is 5.72. The number of nitrogens with two attached hydrogens (primary N) is 1. The molecule has 1 fully saturated rings. The largest absolute Gasteiger partial charge is 0.487 e. The van der Waals surface area contributed by atoms with Crippen molar-refractivity contribution in [2.45, 2.75) is 32.2 Å². The van der Waals surface area contributed by atoms with Gasteiger partial charge in [0.25, 0.3) is 0 Å². The number of ether oxygens (including phenoxy) is 1. The summed E-state index contributed by atoms with van der Waals surface area (Å²) in [5, 5.41) is 0. The highest BCUT2D eigenvalue weighted by Crippen LogP contribution is 2.49. The predicted molar refractivity (Wildman–Crippen MR) is 133 cm³/mol. The van der Waals surface area contributed by atoms with Gasteiger partial charge in [-0.1, -0.05) is 36.4 Å². The number of hydrogen-bond acceptors (Lipinski definition) is 5. The SMILES string of the molecule is C[C@H]1COc2c(N3CCN(CC4=CCCc5ccccc54)CC3)c(N)cc3c2N1C=CC3. The molecule has 0 saturated carbocycles. The molecular weight excluding hydrogens is 396 g/mol. The summed E-state index contributed by atoms with van der Waals surface area (Å²) in [6.45, 7) is 7.96. The zero-order valence-electron chi connectivity index (χ0n) is 18.9. The van der Waals surface area contributed by atoms with Crippen LogP contribution in [0.2, 0.25) is 0 Å². The molecule has 4 aliphatic rings. The maximum Gasteiger partial charge on any atom is 0.168 e. The number of nitrogen functional groups attached to an aromatic ring is 1. The second kappa shape index (κ2) is 7.89. The molecule has 1 aliphatic carbocycles. The molecule has 2 aromatic rings. The van der Waals surface area contributed by atoms with E-state index in [1.54, 1.807) is 0 Å². The van der Waals surface area contributed by atoms with E-state index in [2.05, 4.69) is 70.3 Å². The molecule has 1 atom stereocenters. The third kappa shape index (κ3) is 3.27. The molecule has 166 valence electrons. The Morgan fingerprint density at radius 3 is 2.78 bits per heavy atom. The number of fused-ring (bicyclic) bond motifs is 1. The molecule has 0 bridgehead atoms. The van der Waals surface area contributed by atoms with E-state index < -0.39 is 0 Å². The molecule has 5 nitrogen and oxygen atoms in total. The first-order chi connectivity index (χ1) is 15.7. The van der Waals surface area contributed by atoms with E-state index in [0.29, 0.717) is 12.6 Å². The van der Waals surface area contributed by atoms with Crippen molar-refractivity contribution in [1.82, 2.24) is 4.90 Å². The zero-order valence-corrected chi connectivity index (χ0v) is 18.9. The van der Waals surface area contributed by atoms with Crippen LogP contribution in [-0.2, 0) is 12.8 Å². The van der Waals surface area contributed by atoms with Crippen LogP contribution in [0.25, 0.3) is 5.57 Å². The molecule has 0 amide bonds. The maximum atomic E-state index is 6.61. The molecule has 32 heavy (non-hydrogen) atoms. The number of nitrogens with zero attached hydrogens (tertiary/aromatic N) is 3. The Morgan fingerprint density at radius 2 is 1.91 bits per heavy atom. The van der Waals surface area contributed by atoms with Gasteiger partial charge in [0.2, 0.25) is 0 Å². The van der Waals surface area contributed by atoms with Gasteiger partial charge in [0.1, 0.15) is 12.3 Å². The van der Waals surface area contributed by atoms with E-state index in [9.17, 15) is 0 Å². The fourth-order valence-corrected chi connectivity index (χ4v) is 5.72. The lowest BCUT2D eigenvalue weighted by Gasteiger charge is -2.42. The number of rotatable bonds is 3. The average Bonchev–Trinajstić information content (AvgIpc) is 2.82. The summed E-state index contributed by atoms with van der Waals surface area (Å²) >= 11 is 0. The van der Waals surface area contributed by atoms with Gasteiger partial charge < -0.3 is 20.3 Å². The molecule has 0 unspecified atom stereocenters. The molecule has 2 N–H and O–H groups in total. The molecule has 1 saturated heterocycles. The first-order valence-electron chi connectivity index (χ1n) is 12.0. The van der Waals surface area contributed by atoms with Crippen molar-refractivity contribution in [2.75, 3.05) is 54.9 Å². The fraction of sp³-hybridized carbons (Fsp3) is 0.407. The third-order valence-corrected chi connectivity index (χ3v) is 7.39. The lowest BCUT2D eigenvalue weighted by molar-refractivity contribution is 0.270. The van der Waals surface area contributed by atoms with Gasteiger partial charge in [-0.2, -0.15) is 0 Å². The number of allylic oxidation sites excluding steroid dienone is 2. The topological polar surface area (TPSA) is 45.0 Å². The summed E-state index contributed by atoms with van der Waals surface area (Å²) in [7, 11) is 0. The predicted octanol–water partition coefficient (Wildman–Crippen LogP) is 4.08. The molecular formula is C27H32N4O. The Bertz CT molecular complexity index is 1100. The van der Waals surface area contributed by atoms with Gasteiger partial charge in [-0.3, -0.25) is 4.90 Å². The highest BCUT2D eigenvalue weighted by molar-refractivity contribution is 5.87. The highest BCUT2D eigenvalue weighted by Gasteiger charge is 2.33. The van der Waals surface area contributed by atoms with E-state index in [0.717, 1.165) is 62.7 Å². The average molecular weight is 429 g/mol. The van der Waals surface area contributed by atoms with Gasteiger partial charge in [-0.25, -0.2) is 0 Å². The lowest BCUT2D eigenvalue weighted by Crippen LogP contribution is -2.47. The number of aryl methyl sites for hydroxylation is 1. The summed E-state index contributed by atoms with van der Waals surface area (Å²) in [4.78, 5) is 7.39. The van der Waals surface area contributed by atoms with Gasteiger partial charge in [-0.15, -0.1) is 0 Å². The smallest absolute Gasteiger partial charge is 0.168 e. The van der Waals surface area contributed by atoms with Gasteiger partial charge in [0, 0.05) is 38.9 Å². The van der Waals surface area contributed by atoms with Crippen LogP contribution < -0.4 is 20.3 Å². The molecule has 0 spiro atoms. The molecule has 3 heterocycles. The maximum absolute atomic E-state index is 6.61. The summed E-state index contributed by atoms with van der Waals surface area (Å²) in [6, 6.07) is 11.4. The Balaban J connectivity index is 1.21. The van der Waals surface area contributed by atoms with Crippen molar-refractivity contribution < 1.29 is 4.74 Å². The molecule has 2 aromatic carbocycles. The Kier molecular flexibility index (Phi) is 4.87. The van der Waals surface area contributed by atoms with Crippen molar-refractivity contribution in [3.8, 4) is 5.75 Å². The van der Waals surface area contributed by atoms with E-state index in [1.165, 1.54) is 34.4 Å². The van der Waals surface area contributed by atoms with Crippen molar-refractivity contribution >= 4 is 22.6 Å². The van der Waals surface area contributed by atoms with E-state index in [4.69, 9.17) is 10.5 Å². The first-order valence-corrected chi connectivity index (χ1v) is 12.0. The quantitative estimate of drug-likeness (QED) is 0.747. The number of benzene rings is 2. The Hall–Kier alpha value is -2.92. The van der Waals surface area contributed by atoms with Gasteiger partial charge in [-0.05, 0) is 54.5 Å². The summed E-state index contributed by atoms with van der Waals surface area (Å²) in [5.74, 6) is 0.986. The molecule has 6 rings (SSSR count). The van der Waals surface area contributed by atoms with E-state index in [-0.39, 0.29) is 0 Å². The minimum Gasteiger partial charge on any atom is -0.487 e. The highest BCUT2D eigenvalue weighted by atomic mass is 16.5. The normalized spacial score (nSPS) is 22.2.